The minimum atomic E-state index is 0.0506. The van der Waals surface area contributed by atoms with Crippen LogP contribution in [0.2, 0.25) is 0 Å². The van der Waals surface area contributed by atoms with E-state index in [9.17, 15) is 4.79 Å². The number of amides is 1. The van der Waals surface area contributed by atoms with Gasteiger partial charge in [-0.1, -0.05) is 18.2 Å². The summed E-state index contributed by atoms with van der Waals surface area (Å²) in [6.45, 7) is 8.12. The van der Waals surface area contributed by atoms with E-state index in [0.717, 1.165) is 41.6 Å². The third kappa shape index (κ3) is 4.82. The molecule has 1 amide bonds. The summed E-state index contributed by atoms with van der Waals surface area (Å²) in [6.07, 6.45) is 2.65. The van der Waals surface area contributed by atoms with Gasteiger partial charge in [-0.15, -0.1) is 0 Å². The maximum atomic E-state index is 12.7. The second kappa shape index (κ2) is 9.41. The van der Waals surface area contributed by atoms with E-state index in [1.807, 2.05) is 18.2 Å². The Morgan fingerprint density at radius 1 is 1.18 bits per heavy atom. The normalized spacial score (nSPS) is 17.5. The Kier molecular flexibility index (Phi) is 6.20. The molecule has 1 aliphatic rings. The van der Waals surface area contributed by atoms with E-state index in [-0.39, 0.29) is 5.91 Å². The Morgan fingerprint density at radius 3 is 3.00 bits per heavy atom. The first-order valence-corrected chi connectivity index (χ1v) is 11.7. The molecule has 6 nitrogen and oxygen atoms in total. The number of ether oxygens (including phenoxy) is 1. The van der Waals surface area contributed by atoms with Gasteiger partial charge in [0.2, 0.25) is 5.91 Å². The van der Waals surface area contributed by atoms with Crippen molar-refractivity contribution in [1.82, 2.24) is 15.2 Å². The molecule has 5 rings (SSSR count). The highest BCUT2D eigenvalue weighted by Crippen LogP contribution is 2.24. The topological polar surface area (TPSA) is 70.5 Å². The average molecular weight is 446 g/mol. The van der Waals surface area contributed by atoms with E-state index in [0.29, 0.717) is 32.2 Å². The smallest absolute Gasteiger partial charge is 0.234 e. The lowest BCUT2D eigenvalue weighted by Crippen LogP contribution is -2.40. The number of benzene rings is 2. The van der Waals surface area contributed by atoms with Crippen LogP contribution in [0.4, 0.5) is 0 Å². The van der Waals surface area contributed by atoms with Crippen LogP contribution in [-0.2, 0) is 22.5 Å². The summed E-state index contributed by atoms with van der Waals surface area (Å²) in [5.41, 5.74) is 6.89. The number of nitrogens with zero attached hydrogens (tertiary/aromatic N) is 1. The van der Waals surface area contributed by atoms with E-state index >= 15 is 0 Å². The first-order valence-electron chi connectivity index (χ1n) is 11.7. The summed E-state index contributed by atoms with van der Waals surface area (Å²) in [6, 6.07) is 14.6. The summed E-state index contributed by atoms with van der Waals surface area (Å²) in [5.74, 6) is 0.387. The van der Waals surface area contributed by atoms with Gasteiger partial charge in [-0.25, -0.2) is 0 Å². The molecule has 4 aromatic rings. The highest BCUT2D eigenvalue weighted by Gasteiger charge is 2.22. The number of carbonyl (C=O) groups is 1. The number of hydrogen-bond donors (Lipinski definition) is 2. The van der Waals surface area contributed by atoms with Crippen LogP contribution in [0.5, 0.6) is 0 Å². The Labute approximate surface area is 193 Å². The molecule has 0 aliphatic carbocycles. The van der Waals surface area contributed by atoms with Crippen LogP contribution in [0.3, 0.4) is 0 Å². The minimum absolute atomic E-state index is 0.0506. The van der Waals surface area contributed by atoms with Gasteiger partial charge < -0.3 is 19.5 Å². The standard InChI is InChI=1S/C27H31N3O3/c1-18-19(2)29-25-7-6-20(13-24(18)25)14-28-27(31)16-30-9-11-32-17-21(15-30)12-22-4-3-5-26-23(22)8-10-33-26/h3-8,10,13,21,29H,9,11-12,14-17H2,1-2H3,(H,28,31)/t21-/m0/s1. The fraction of sp³-hybridized carbons (Fsp3) is 0.370. The SMILES string of the molecule is Cc1[nH]c2ccc(CNC(=O)CN3CCOC[C@@H](Cc4cccc5occc45)C3)cc2c1C. The van der Waals surface area contributed by atoms with E-state index in [2.05, 4.69) is 53.3 Å². The van der Waals surface area contributed by atoms with Gasteiger partial charge in [0.15, 0.2) is 0 Å². The van der Waals surface area contributed by atoms with E-state index in [4.69, 9.17) is 9.15 Å². The van der Waals surface area contributed by atoms with Gasteiger partial charge in [-0.05, 0) is 67.1 Å². The Balaban J connectivity index is 1.18. The number of rotatable bonds is 6. The van der Waals surface area contributed by atoms with E-state index < -0.39 is 0 Å². The Bertz CT molecular complexity index is 1270. The van der Waals surface area contributed by atoms with Crippen molar-refractivity contribution < 1.29 is 13.9 Å². The molecule has 6 heteroatoms. The first-order chi connectivity index (χ1) is 16.1. The maximum absolute atomic E-state index is 12.7. The fourth-order valence-electron chi connectivity index (χ4n) is 4.84. The zero-order valence-corrected chi connectivity index (χ0v) is 19.3. The number of furan rings is 1. The number of H-pyrrole nitrogens is 1. The van der Waals surface area contributed by atoms with E-state index in [1.165, 1.54) is 22.2 Å². The highest BCUT2D eigenvalue weighted by atomic mass is 16.5. The number of hydrogen-bond acceptors (Lipinski definition) is 4. The minimum Gasteiger partial charge on any atom is -0.464 e. The van der Waals surface area contributed by atoms with E-state index in [1.54, 1.807) is 6.26 Å². The lowest BCUT2D eigenvalue weighted by Gasteiger charge is -2.23. The molecule has 172 valence electrons. The molecule has 0 spiro atoms. The van der Waals surface area contributed by atoms with Crippen molar-refractivity contribution in [2.45, 2.75) is 26.8 Å². The van der Waals surface area contributed by atoms with Crippen molar-refractivity contribution in [3.63, 3.8) is 0 Å². The van der Waals surface area contributed by atoms with Crippen molar-refractivity contribution in [2.24, 2.45) is 5.92 Å². The molecule has 0 radical (unpaired) electrons. The molecule has 2 N–H and O–H groups in total. The number of aryl methyl sites for hydroxylation is 2. The summed E-state index contributed by atoms with van der Waals surface area (Å²) in [5, 5.41) is 5.48. The van der Waals surface area contributed by atoms with Crippen molar-refractivity contribution in [3.8, 4) is 0 Å². The average Bonchev–Trinajstić information content (AvgIpc) is 3.32. The lowest BCUT2D eigenvalue weighted by atomic mass is 9.97. The zero-order valence-electron chi connectivity index (χ0n) is 19.3. The summed E-state index contributed by atoms with van der Waals surface area (Å²) in [4.78, 5) is 18.3. The molecule has 0 saturated carbocycles. The van der Waals surface area contributed by atoms with Gasteiger partial charge in [0.1, 0.15) is 5.58 Å². The van der Waals surface area contributed by atoms with Gasteiger partial charge >= 0.3 is 0 Å². The van der Waals surface area contributed by atoms with Crippen LogP contribution < -0.4 is 5.32 Å². The van der Waals surface area contributed by atoms with Gasteiger partial charge in [0.05, 0.1) is 26.0 Å². The van der Waals surface area contributed by atoms with Crippen molar-refractivity contribution >= 4 is 27.8 Å². The van der Waals surface area contributed by atoms with Crippen LogP contribution in [0.1, 0.15) is 22.4 Å². The summed E-state index contributed by atoms with van der Waals surface area (Å²) < 4.78 is 11.4. The molecule has 0 bridgehead atoms. The number of carbonyl (C=O) groups excluding carboxylic acids is 1. The molecule has 2 aromatic carbocycles. The fourth-order valence-corrected chi connectivity index (χ4v) is 4.84. The maximum Gasteiger partial charge on any atom is 0.234 e. The van der Waals surface area contributed by atoms with Crippen LogP contribution in [0.15, 0.2) is 53.1 Å². The van der Waals surface area contributed by atoms with Crippen LogP contribution in [0, 0.1) is 19.8 Å². The second-order valence-corrected chi connectivity index (χ2v) is 9.16. The predicted octanol–water partition coefficient (Wildman–Crippen LogP) is 4.34. The monoisotopic (exact) mass is 445 g/mol. The van der Waals surface area contributed by atoms with Gasteiger partial charge in [0.25, 0.3) is 0 Å². The quantitative estimate of drug-likeness (QED) is 0.463. The van der Waals surface area contributed by atoms with Gasteiger partial charge in [-0.3, -0.25) is 9.69 Å². The Hall–Kier alpha value is -3.09. The van der Waals surface area contributed by atoms with Crippen molar-refractivity contribution in [3.05, 3.63) is 71.1 Å². The second-order valence-electron chi connectivity index (χ2n) is 9.16. The molecule has 1 atom stereocenters. The molecule has 33 heavy (non-hydrogen) atoms. The Morgan fingerprint density at radius 2 is 2.09 bits per heavy atom. The molecular formula is C27H31N3O3. The highest BCUT2D eigenvalue weighted by molar-refractivity contribution is 5.85. The van der Waals surface area contributed by atoms with Crippen LogP contribution >= 0.6 is 0 Å². The predicted molar refractivity (Wildman–Crippen MR) is 130 cm³/mol. The van der Waals surface area contributed by atoms with Crippen molar-refractivity contribution in [2.75, 3.05) is 32.8 Å². The number of aromatic amines is 1. The molecule has 0 unspecified atom stereocenters. The van der Waals surface area contributed by atoms with Gasteiger partial charge in [-0.2, -0.15) is 0 Å². The van der Waals surface area contributed by atoms with Crippen LogP contribution in [-0.4, -0.2) is 48.6 Å². The first kappa shape index (κ1) is 21.7. The third-order valence-corrected chi connectivity index (χ3v) is 6.75. The molecule has 3 heterocycles. The molecule has 1 aliphatic heterocycles. The van der Waals surface area contributed by atoms with Crippen LogP contribution in [0.25, 0.3) is 21.9 Å². The third-order valence-electron chi connectivity index (χ3n) is 6.75. The van der Waals surface area contributed by atoms with Crippen molar-refractivity contribution in [1.29, 1.82) is 0 Å². The number of nitrogens with one attached hydrogen (secondary N) is 2. The largest absolute Gasteiger partial charge is 0.464 e. The lowest BCUT2D eigenvalue weighted by molar-refractivity contribution is -0.122. The molecule has 1 fully saturated rings. The molecular weight excluding hydrogens is 414 g/mol. The van der Waals surface area contributed by atoms with Gasteiger partial charge in [0, 0.05) is 41.6 Å². The molecule has 2 aromatic heterocycles. The number of aromatic nitrogens is 1. The zero-order chi connectivity index (χ0) is 22.8. The summed E-state index contributed by atoms with van der Waals surface area (Å²) >= 11 is 0. The molecule has 1 saturated heterocycles. The summed E-state index contributed by atoms with van der Waals surface area (Å²) in [7, 11) is 0. The number of fused-ring (bicyclic) bond motifs is 2.